The lowest BCUT2D eigenvalue weighted by Crippen LogP contribution is -2.22. The molecule has 98 valence electrons. The molecule has 0 radical (unpaired) electrons. The maximum atomic E-state index is 11.8. The number of benzene rings is 1. The number of hydrogen-bond donors (Lipinski definition) is 1. The summed E-state index contributed by atoms with van der Waals surface area (Å²) in [6.07, 6.45) is 1.39. The van der Waals surface area contributed by atoms with Gasteiger partial charge in [0.05, 0.1) is 9.83 Å². The molecule has 1 heterocycles. The van der Waals surface area contributed by atoms with Gasteiger partial charge in [-0.1, -0.05) is 24.0 Å². The number of hydrogen-bond acceptors (Lipinski definition) is 6. The van der Waals surface area contributed by atoms with E-state index in [1.807, 2.05) is 0 Å². The Morgan fingerprint density at radius 1 is 1.53 bits per heavy atom. The molecule has 0 atom stereocenters. The molecule has 8 heteroatoms. The van der Waals surface area contributed by atoms with Gasteiger partial charge >= 0.3 is 0 Å². The minimum Gasteiger partial charge on any atom is -0.507 e. The Kier molecular flexibility index (Phi) is 3.54. The second kappa shape index (κ2) is 4.98. The zero-order valence-electron chi connectivity index (χ0n) is 9.69. The third kappa shape index (κ3) is 2.59. The smallest absolute Gasteiger partial charge is 0.270 e. The molecule has 0 aromatic heterocycles. The standard InChI is InChI=1S/C11H8N2O4S2/c1-12-10(15)9(19-11(12)18)5-6-4-7(13(16)17)2-3-8(6)14/h2-5,14H,1H3. The Bertz CT molecular complexity index is 627. The molecule has 0 aliphatic carbocycles. The van der Waals surface area contributed by atoms with Crippen LogP contribution in [-0.2, 0) is 4.79 Å². The Balaban J connectivity index is 2.43. The lowest BCUT2D eigenvalue weighted by Gasteiger charge is -2.03. The Hall–Kier alpha value is -1.93. The van der Waals surface area contributed by atoms with E-state index in [1.165, 1.54) is 29.2 Å². The number of rotatable bonds is 2. The van der Waals surface area contributed by atoms with E-state index >= 15 is 0 Å². The fraction of sp³-hybridized carbons (Fsp3) is 0.0909. The van der Waals surface area contributed by atoms with Crippen molar-refractivity contribution in [2.24, 2.45) is 0 Å². The van der Waals surface area contributed by atoms with E-state index in [2.05, 4.69) is 0 Å². The minimum absolute atomic E-state index is 0.132. The van der Waals surface area contributed by atoms with Crippen LogP contribution in [0.3, 0.4) is 0 Å². The predicted molar refractivity (Wildman–Crippen MR) is 75.7 cm³/mol. The molecule has 1 aromatic rings. The number of phenolic OH excluding ortho intramolecular Hbond substituents is 1. The molecular weight excluding hydrogens is 288 g/mol. The summed E-state index contributed by atoms with van der Waals surface area (Å²) in [7, 11) is 1.55. The van der Waals surface area contributed by atoms with Crippen molar-refractivity contribution in [2.75, 3.05) is 7.05 Å². The first-order chi connectivity index (χ1) is 8.90. The third-order valence-corrected chi connectivity index (χ3v) is 3.98. The van der Waals surface area contributed by atoms with Gasteiger partial charge in [-0.05, 0) is 12.1 Å². The number of carbonyl (C=O) groups excluding carboxylic acids is 1. The highest BCUT2D eigenvalue weighted by molar-refractivity contribution is 8.26. The highest BCUT2D eigenvalue weighted by Crippen LogP contribution is 2.34. The zero-order chi connectivity index (χ0) is 14.2. The summed E-state index contributed by atoms with van der Waals surface area (Å²) in [6.45, 7) is 0. The second-order valence-electron chi connectivity index (χ2n) is 3.74. The second-order valence-corrected chi connectivity index (χ2v) is 5.42. The fourth-order valence-corrected chi connectivity index (χ4v) is 2.63. The van der Waals surface area contributed by atoms with Crippen molar-refractivity contribution < 1.29 is 14.8 Å². The Morgan fingerprint density at radius 2 is 2.21 bits per heavy atom. The predicted octanol–water partition coefficient (Wildman–Crippen LogP) is 2.13. The molecule has 6 nitrogen and oxygen atoms in total. The average Bonchev–Trinajstić information content (AvgIpc) is 2.59. The number of amides is 1. The number of aromatic hydroxyl groups is 1. The van der Waals surface area contributed by atoms with Gasteiger partial charge in [-0.2, -0.15) is 0 Å². The molecule has 0 saturated carbocycles. The maximum Gasteiger partial charge on any atom is 0.270 e. The van der Waals surface area contributed by atoms with Crippen molar-refractivity contribution >= 4 is 46.0 Å². The minimum atomic E-state index is -0.568. The highest BCUT2D eigenvalue weighted by Gasteiger charge is 2.29. The number of likely N-dealkylation sites (N-methyl/N-ethyl adjacent to an activating group) is 1. The van der Waals surface area contributed by atoms with E-state index in [1.54, 1.807) is 7.05 Å². The number of nitrogens with zero attached hydrogens (tertiary/aromatic N) is 2. The van der Waals surface area contributed by atoms with Crippen LogP contribution in [-0.4, -0.2) is 32.2 Å². The van der Waals surface area contributed by atoms with Gasteiger partial charge in [0.2, 0.25) is 0 Å². The fourth-order valence-electron chi connectivity index (χ4n) is 1.46. The first kappa shape index (κ1) is 13.5. The number of phenols is 1. The van der Waals surface area contributed by atoms with E-state index in [-0.39, 0.29) is 22.9 Å². The van der Waals surface area contributed by atoms with Crippen LogP contribution in [0.15, 0.2) is 23.1 Å². The molecule has 0 unspecified atom stereocenters. The Labute approximate surface area is 117 Å². The number of nitro benzene ring substituents is 1. The van der Waals surface area contributed by atoms with E-state index in [9.17, 15) is 20.0 Å². The van der Waals surface area contributed by atoms with Gasteiger partial charge in [-0.25, -0.2) is 0 Å². The number of thioether (sulfide) groups is 1. The number of nitro groups is 1. The molecule has 1 fully saturated rings. The normalized spacial score (nSPS) is 17.3. The molecule has 1 saturated heterocycles. The Morgan fingerprint density at radius 3 is 2.74 bits per heavy atom. The molecule has 1 aliphatic rings. The van der Waals surface area contributed by atoms with Crippen LogP contribution in [0.4, 0.5) is 5.69 Å². The molecule has 19 heavy (non-hydrogen) atoms. The number of carbonyl (C=O) groups is 1. The topological polar surface area (TPSA) is 83.7 Å². The van der Waals surface area contributed by atoms with Gasteiger partial charge in [-0.15, -0.1) is 0 Å². The van der Waals surface area contributed by atoms with Gasteiger partial charge in [0, 0.05) is 24.7 Å². The molecule has 1 aromatic carbocycles. The number of non-ortho nitro benzene ring substituents is 1. The zero-order valence-corrected chi connectivity index (χ0v) is 11.3. The summed E-state index contributed by atoms with van der Waals surface area (Å²) in [6, 6.07) is 3.62. The van der Waals surface area contributed by atoms with E-state index in [0.29, 0.717) is 9.23 Å². The summed E-state index contributed by atoms with van der Waals surface area (Å²) < 4.78 is 0.404. The summed E-state index contributed by atoms with van der Waals surface area (Å²) in [5.74, 6) is -0.423. The molecule has 1 aliphatic heterocycles. The van der Waals surface area contributed by atoms with Crippen molar-refractivity contribution in [3.63, 3.8) is 0 Å². The summed E-state index contributed by atoms with van der Waals surface area (Å²) in [4.78, 5) is 23.5. The SMILES string of the molecule is CN1C(=O)C(=Cc2cc([N+](=O)[O-])ccc2O)SC1=S. The highest BCUT2D eigenvalue weighted by atomic mass is 32.2. The van der Waals surface area contributed by atoms with Crippen molar-refractivity contribution in [1.29, 1.82) is 0 Å². The summed E-state index contributed by atoms with van der Waals surface area (Å²) >= 11 is 6.06. The monoisotopic (exact) mass is 296 g/mol. The van der Waals surface area contributed by atoms with Crippen LogP contribution >= 0.6 is 24.0 Å². The summed E-state index contributed by atoms with van der Waals surface area (Å²) in [5.41, 5.74) is 0.0548. The van der Waals surface area contributed by atoms with E-state index < -0.39 is 4.92 Å². The van der Waals surface area contributed by atoms with Crippen molar-refractivity contribution in [3.8, 4) is 5.75 Å². The van der Waals surface area contributed by atoms with Gasteiger partial charge in [0.15, 0.2) is 0 Å². The van der Waals surface area contributed by atoms with Crippen LogP contribution in [0.5, 0.6) is 5.75 Å². The van der Waals surface area contributed by atoms with Gasteiger partial charge < -0.3 is 5.11 Å². The van der Waals surface area contributed by atoms with Crippen LogP contribution in [0.2, 0.25) is 0 Å². The van der Waals surface area contributed by atoms with Crippen LogP contribution in [0.1, 0.15) is 5.56 Å². The van der Waals surface area contributed by atoms with Crippen molar-refractivity contribution in [1.82, 2.24) is 4.90 Å². The summed E-state index contributed by atoms with van der Waals surface area (Å²) in [5, 5.41) is 20.3. The third-order valence-electron chi connectivity index (χ3n) is 2.50. The average molecular weight is 296 g/mol. The van der Waals surface area contributed by atoms with Crippen LogP contribution in [0, 0.1) is 10.1 Å². The first-order valence-electron chi connectivity index (χ1n) is 5.09. The van der Waals surface area contributed by atoms with Gasteiger partial charge in [0.25, 0.3) is 11.6 Å². The van der Waals surface area contributed by atoms with Crippen molar-refractivity contribution in [3.05, 3.63) is 38.8 Å². The molecule has 1 amide bonds. The quantitative estimate of drug-likeness (QED) is 0.389. The van der Waals surface area contributed by atoms with Crippen LogP contribution in [0.25, 0.3) is 6.08 Å². The first-order valence-corrected chi connectivity index (χ1v) is 6.31. The molecule has 0 spiro atoms. The van der Waals surface area contributed by atoms with Crippen molar-refractivity contribution in [2.45, 2.75) is 0 Å². The molecular formula is C11H8N2O4S2. The molecule has 2 rings (SSSR count). The number of thiocarbonyl (C=S) groups is 1. The van der Waals surface area contributed by atoms with Gasteiger partial charge in [0.1, 0.15) is 10.1 Å². The van der Waals surface area contributed by atoms with Gasteiger partial charge in [-0.3, -0.25) is 19.8 Å². The molecule has 1 N–H and O–H groups in total. The lowest BCUT2D eigenvalue weighted by atomic mass is 10.1. The largest absolute Gasteiger partial charge is 0.507 e. The van der Waals surface area contributed by atoms with E-state index in [4.69, 9.17) is 12.2 Å². The van der Waals surface area contributed by atoms with E-state index in [0.717, 1.165) is 11.8 Å². The molecule has 0 bridgehead atoms. The van der Waals surface area contributed by atoms with Crippen LogP contribution < -0.4 is 0 Å². The lowest BCUT2D eigenvalue weighted by molar-refractivity contribution is -0.384. The maximum absolute atomic E-state index is 11.8.